The van der Waals surface area contributed by atoms with Gasteiger partial charge in [0, 0.05) is 36.5 Å². The number of benzene rings is 2. The molecule has 2 aromatic carbocycles. The van der Waals surface area contributed by atoms with Gasteiger partial charge in [0.25, 0.3) is 5.91 Å². The third-order valence-corrected chi connectivity index (χ3v) is 6.71. The first-order valence-corrected chi connectivity index (χ1v) is 11.6. The molecule has 0 atom stereocenters. The zero-order valence-corrected chi connectivity index (χ0v) is 19.0. The first-order chi connectivity index (χ1) is 15.8. The summed E-state index contributed by atoms with van der Waals surface area (Å²) < 4.78 is 33.5. The summed E-state index contributed by atoms with van der Waals surface area (Å²) in [6.07, 6.45) is 2.93. The highest BCUT2D eigenvalue weighted by molar-refractivity contribution is 5.98. The van der Waals surface area contributed by atoms with Crippen molar-refractivity contribution in [3.63, 3.8) is 0 Å². The number of piperidine rings is 1. The van der Waals surface area contributed by atoms with E-state index in [1.807, 2.05) is 0 Å². The molecule has 3 heterocycles. The van der Waals surface area contributed by atoms with Gasteiger partial charge in [-0.2, -0.15) is 0 Å². The number of hydrogen-bond acceptors (Lipinski definition) is 3. The van der Waals surface area contributed by atoms with Crippen LogP contribution in [0.25, 0.3) is 10.9 Å². The highest BCUT2D eigenvalue weighted by atomic mass is 19.1. The summed E-state index contributed by atoms with van der Waals surface area (Å²) in [6, 6.07) is 9.94. The normalized spacial score (nSPS) is 18.3. The minimum Gasteiger partial charge on any atom is -0.487 e. The van der Waals surface area contributed by atoms with E-state index in [-0.39, 0.29) is 22.7 Å². The van der Waals surface area contributed by atoms with Gasteiger partial charge in [-0.25, -0.2) is 8.78 Å². The molecule has 3 aromatic rings. The van der Waals surface area contributed by atoms with Gasteiger partial charge in [0.15, 0.2) is 0 Å². The van der Waals surface area contributed by atoms with Crippen LogP contribution in [0.1, 0.15) is 48.3 Å². The molecule has 174 valence electrons. The second-order valence-corrected chi connectivity index (χ2v) is 9.91. The van der Waals surface area contributed by atoms with Crippen molar-refractivity contribution >= 4 is 16.8 Å². The topological polar surface area (TPSA) is 57.4 Å². The Balaban J connectivity index is 1.13. The molecular weight excluding hydrogens is 424 g/mol. The number of nitrogens with one attached hydrogen (secondary N) is 2. The Labute approximate surface area is 192 Å². The molecule has 0 saturated carbocycles. The Morgan fingerprint density at radius 2 is 2.00 bits per heavy atom. The molecule has 1 saturated heterocycles. The van der Waals surface area contributed by atoms with Crippen LogP contribution in [-0.4, -0.2) is 41.0 Å². The van der Waals surface area contributed by atoms with E-state index in [0.717, 1.165) is 50.7 Å². The number of carbonyl (C=O) groups excluding carboxylic acids is 1. The zero-order valence-electron chi connectivity index (χ0n) is 19.0. The fraction of sp³-hybridized carbons (Fsp3) is 0.423. The largest absolute Gasteiger partial charge is 0.487 e. The molecule has 0 spiro atoms. The van der Waals surface area contributed by atoms with Gasteiger partial charge in [-0.1, -0.05) is 18.2 Å². The van der Waals surface area contributed by atoms with Crippen molar-refractivity contribution in [2.75, 3.05) is 19.6 Å². The van der Waals surface area contributed by atoms with Gasteiger partial charge in [0.05, 0.1) is 5.52 Å². The quantitative estimate of drug-likeness (QED) is 0.583. The first-order valence-electron chi connectivity index (χ1n) is 11.6. The van der Waals surface area contributed by atoms with Crippen LogP contribution in [0.4, 0.5) is 8.78 Å². The molecular formula is C26H29F2N3O2. The second kappa shape index (κ2) is 8.45. The number of hydrogen-bond donors (Lipinski definition) is 2. The van der Waals surface area contributed by atoms with Crippen molar-refractivity contribution in [1.82, 2.24) is 15.2 Å². The van der Waals surface area contributed by atoms with E-state index < -0.39 is 11.6 Å². The number of fused-ring (bicyclic) bond motifs is 2. The van der Waals surface area contributed by atoms with Crippen molar-refractivity contribution in [3.05, 3.63) is 64.9 Å². The molecule has 1 aromatic heterocycles. The van der Waals surface area contributed by atoms with Crippen molar-refractivity contribution in [2.24, 2.45) is 5.92 Å². The van der Waals surface area contributed by atoms with Gasteiger partial charge < -0.3 is 15.0 Å². The average molecular weight is 454 g/mol. The molecule has 5 nitrogen and oxygen atoms in total. The monoisotopic (exact) mass is 453 g/mol. The zero-order chi connectivity index (χ0) is 23.2. The molecule has 0 radical (unpaired) electrons. The van der Waals surface area contributed by atoms with E-state index >= 15 is 0 Å². The Morgan fingerprint density at radius 1 is 1.21 bits per heavy atom. The molecule has 2 N–H and O–H groups in total. The smallest absolute Gasteiger partial charge is 0.267 e. The molecule has 0 unspecified atom stereocenters. The summed E-state index contributed by atoms with van der Waals surface area (Å²) in [6.45, 7) is 7.61. The predicted octanol–water partition coefficient (Wildman–Crippen LogP) is 4.80. The third kappa shape index (κ3) is 4.60. The number of halogens is 2. The van der Waals surface area contributed by atoms with Crippen LogP contribution in [0.5, 0.6) is 5.75 Å². The van der Waals surface area contributed by atoms with Crippen LogP contribution in [0.15, 0.2) is 36.4 Å². The summed E-state index contributed by atoms with van der Waals surface area (Å²) in [5, 5.41) is 3.30. The Bertz CT molecular complexity index is 1200. The van der Waals surface area contributed by atoms with Crippen LogP contribution >= 0.6 is 0 Å². The van der Waals surface area contributed by atoms with Gasteiger partial charge in [-0.05, 0) is 63.4 Å². The lowest BCUT2D eigenvalue weighted by Gasteiger charge is -2.32. The van der Waals surface area contributed by atoms with Gasteiger partial charge in [-0.15, -0.1) is 0 Å². The first kappa shape index (κ1) is 21.9. The SMILES string of the molecule is CC1(C)Cc2cccc(CN3CCC(CNC(=O)c4cc5cc(F)cc(F)c5[nH]4)CC3)c2O1. The van der Waals surface area contributed by atoms with E-state index in [2.05, 4.69) is 47.2 Å². The van der Waals surface area contributed by atoms with Gasteiger partial charge in [0.2, 0.25) is 0 Å². The number of ether oxygens (including phenoxy) is 1. The van der Waals surface area contributed by atoms with Gasteiger partial charge in [-0.3, -0.25) is 9.69 Å². The van der Waals surface area contributed by atoms with E-state index in [1.54, 1.807) is 0 Å². The minimum atomic E-state index is -0.700. The van der Waals surface area contributed by atoms with E-state index in [4.69, 9.17) is 4.74 Å². The van der Waals surface area contributed by atoms with Crippen molar-refractivity contribution in [2.45, 2.75) is 45.3 Å². The second-order valence-electron chi connectivity index (χ2n) is 9.91. The number of amides is 1. The number of aromatic nitrogens is 1. The average Bonchev–Trinajstić information content (AvgIpc) is 3.33. The molecule has 0 bridgehead atoms. The Hall–Kier alpha value is -2.93. The van der Waals surface area contributed by atoms with E-state index in [1.165, 1.54) is 23.3 Å². The summed E-state index contributed by atoms with van der Waals surface area (Å²) in [5.41, 5.74) is 2.78. The molecule has 5 rings (SSSR count). The molecule has 1 fully saturated rings. The summed E-state index contributed by atoms with van der Waals surface area (Å²) in [4.78, 5) is 17.7. The van der Waals surface area contributed by atoms with Crippen molar-refractivity contribution < 1.29 is 18.3 Å². The third-order valence-electron chi connectivity index (χ3n) is 6.71. The van der Waals surface area contributed by atoms with Crippen LogP contribution < -0.4 is 10.1 Å². The summed E-state index contributed by atoms with van der Waals surface area (Å²) in [7, 11) is 0. The molecule has 2 aliphatic heterocycles. The number of H-pyrrole nitrogens is 1. The molecule has 0 aliphatic carbocycles. The molecule has 2 aliphatic rings. The fourth-order valence-electron chi connectivity index (χ4n) is 5.01. The maximum atomic E-state index is 13.9. The van der Waals surface area contributed by atoms with E-state index in [0.29, 0.717) is 17.8 Å². The van der Waals surface area contributed by atoms with Crippen molar-refractivity contribution in [1.29, 1.82) is 0 Å². The maximum absolute atomic E-state index is 13.9. The van der Waals surface area contributed by atoms with Gasteiger partial charge >= 0.3 is 0 Å². The lowest BCUT2D eigenvalue weighted by molar-refractivity contribution is 0.0930. The number of aromatic amines is 1. The highest BCUT2D eigenvalue weighted by Gasteiger charge is 2.32. The van der Waals surface area contributed by atoms with Crippen LogP contribution in [-0.2, 0) is 13.0 Å². The van der Waals surface area contributed by atoms with Crippen LogP contribution in [0, 0.1) is 17.6 Å². The van der Waals surface area contributed by atoms with Crippen LogP contribution in [0.2, 0.25) is 0 Å². The Kier molecular flexibility index (Phi) is 5.60. The summed E-state index contributed by atoms with van der Waals surface area (Å²) >= 11 is 0. The number of nitrogens with zero attached hydrogens (tertiary/aromatic N) is 1. The number of rotatable bonds is 5. The highest BCUT2D eigenvalue weighted by Crippen LogP contribution is 2.38. The minimum absolute atomic E-state index is 0.144. The molecule has 1 amide bonds. The van der Waals surface area contributed by atoms with Crippen LogP contribution in [0.3, 0.4) is 0 Å². The standard InChI is InChI=1S/C26H29F2N3O2/c1-26(2)13-17-4-3-5-18(24(17)33-26)15-31-8-6-16(7-9-31)14-29-25(32)22-11-19-10-20(27)12-21(28)23(19)30-22/h3-5,10-12,16,30H,6-9,13-15H2,1-2H3,(H,29,32). The van der Waals surface area contributed by atoms with Crippen molar-refractivity contribution in [3.8, 4) is 5.75 Å². The predicted molar refractivity (Wildman–Crippen MR) is 123 cm³/mol. The van der Waals surface area contributed by atoms with E-state index in [9.17, 15) is 13.6 Å². The van der Waals surface area contributed by atoms with Gasteiger partial charge in [0.1, 0.15) is 28.7 Å². The fourth-order valence-corrected chi connectivity index (χ4v) is 5.01. The summed E-state index contributed by atoms with van der Waals surface area (Å²) in [5.74, 6) is -0.220. The molecule has 33 heavy (non-hydrogen) atoms. The molecule has 7 heteroatoms. The Morgan fingerprint density at radius 3 is 2.79 bits per heavy atom. The number of carbonyl (C=O) groups is 1. The lowest BCUT2D eigenvalue weighted by Crippen LogP contribution is -2.38. The number of likely N-dealkylation sites (tertiary alicyclic amines) is 1. The number of para-hydroxylation sites is 1. The maximum Gasteiger partial charge on any atom is 0.267 e. The lowest BCUT2D eigenvalue weighted by atomic mass is 9.96.